The Bertz CT molecular complexity index is 517. The number of benzene rings is 1. The fourth-order valence-electron chi connectivity index (χ4n) is 2.72. The smallest absolute Gasteiger partial charge is 0.243 e. The van der Waals surface area contributed by atoms with E-state index in [1.807, 2.05) is 12.1 Å². The third-order valence-electron chi connectivity index (χ3n) is 4.12. The molecule has 0 amide bonds. The van der Waals surface area contributed by atoms with Crippen LogP contribution in [0.3, 0.4) is 0 Å². The SMILES string of the molecule is CCc1ccc(S(=O)(=O)N2CCC(CCN)CC2)cc1. The lowest BCUT2D eigenvalue weighted by Crippen LogP contribution is -2.38. The maximum atomic E-state index is 12.6. The number of piperidine rings is 1. The van der Waals surface area contributed by atoms with Crippen molar-refractivity contribution in [3.8, 4) is 0 Å². The van der Waals surface area contributed by atoms with Crippen molar-refractivity contribution in [2.45, 2.75) is 37.5 Å². The molecule has 1 fully saturated rings. The zero-order chi connectivity index (χ0) is 14.6. The topological polar surface area (TPSA) is 63.4 Å². The monoisotopic (exact) mass is 296 g/mol. The predicted molar refractivity (Wildman–Crippen MR) is 81.0 cm³/mol. The quantitative estimate of drug-likeness (QED) is 0.904. The maximum Gasteiger partial charge on any atom is 0.243 e. The molecule has 0 spiro atoms. The summed E-state index contributed by atoms with van der Waals surface area (Å²) in [5.41, 5.74) is 6.72. The van der Waals surface area contributed by atoms with Crippen LogP contribution >= 0.6 is 0 Å². The van der Waals surface area contributed by atoms with Crippen LogP contribution in [-0.2, 0) is 16.4 Å². The second-order valence-electron chi connectivity index (χ2n) is 5.42. The summed E-state index contributed by atoms with van der Waals surface area (Å²) in [6.07, 6.45) is 3.76. The van der Waals surface area contributed by atoms with E-state index in [1.165, 1.54) is 0 Å². The van der Waals surface area contributed by atoms with Crippen molar-refractivity contribution in [2.75, 3.05) is 19.6 Å². The van der Waals surface area contributed by atoms with Gasteiger partial charge in [-0.1, -0.05) is 19.1 Å². The number of nitrogens with zero attached hydrogens (tertiary/aromatic N) is 1. The van der Waals surface area contributed by atoms with Crippen molar-refractivity contribution in [3.63, 3.8) is 0 Å². The third kappa shape index (κ3) is 3.40. The first-order valence-electron chi connectivity index (χ1n) is 7.37. The van der Waals surface area contributed by atoms with Gasteiger partial charge in [0.05, 0.1) is 4.90 Å². The van der Waals surface area contributed by atoms with Gasteiger partial charge in [-0.25, -0.2) is 8.42 Å². The molecule has 0 aliphatic carbocycles. The standard InChI is InChI=1S/C15H24N2O2S/c1-2-13-3-5-15(6-4-13)20(18,19)17-11-8-14(7-10-16)9-12-17/h3-6,14H,2,7-12,16H2,1H3. The second-order valence-corrected chi connectivity index (χ2v) is 7.36. The molecule has 0 bridgehead atoms. The van der Waals surface area contributed by atoms with Gasteiger partial charge in [0.2, 0.25) is 10.0 Å². The molecule has 0 unspecified atom stereocenters. The molecule has 0 radical (unpaired) electrons. The fourth-order valence-corrected chi connectivity index (χ4v) is 4.19. The summed E-state index contributed by atoms with van der Waals surface area (Å²) in [7, 11) is -3.32. The summed E-state index contributed by atoms with van der Waals surface area (Å²) in [6.45, 7) is 3.98. The summed E-state index contributed by atoms with van der Waals surface area (Å²) >= 11 is 0. The van der Waals surface area contributed by atoms with E-state index < -0.39 is 10.0 Å². The van der Waals surface area contributed by atoms with E-state index in [2.05, 4.69) is 6.92 Å². The lowest BCUT2D eigenvalue weighted by atomic mass is 9.95. The van der Waals surface area contributed by atoms with Gasteiger partial charge in [-0.05, 0) is 55.8 Å². The maximum absolute atomic E-state index is 12.6. The number of rotatable bonds is 5. The van der Waals surface area contributed by atoms with Gasteiger partial charge in [-0.15, -0.1) is 0 Å². The Morgan fingerprint density at radius 3 is 2.30 bits per heavy atom. The van der Waals surface area contributed by atoms with E-state index in [0.29, 0.717) is 30.4 Å². The lowest BCUT2D eigenvalue weighted by molar-refractivity contribution is 0.266. The molecule has 4 nitrogen and oxygen atoms in total. The van der Waals surface area contributed by atoms with Crippen LogP contribution in [0.5, 0.6) is 0 Å². The second kappa shape index (κ2) is 6.70. The van der Waals surface area contributed by atoms with Gasteiger partial charge >= 0.3 is 0 Å². The molecule has 1 saturated heterocycles. The summed E-state index contributed by atoms with van der Waals surface area (Å²) in [5, 5.41) is 0. The normalized spacial score (nSPS) is 18.3. The molecule has 20 heavy (non-hydrogen) atoms. The Balaban J connectivity index is 2.07. The van der Waals surface area contributed by atoms with Crippen molar-refractivity contribution in [1.82, 2.24) is 4.31 Å². The van der Waals surface area contributed by atoms with Crippen molar-refractivity contribution >= 4 is 10.0 Å². The van der Waals surface area contributed by atoms with Crippen LogP contribution in [0.2, 0.25) is 0 Å². The Kier molecular flexibility index (Phi) is 5.18. The van der Waals surface area contributed by atoms with Crippen molar-refractivity contribution in [2.24, 2.45) is 11.7 Å². The Hall–Kier alpha value is -0.910. The fraction of sp³-hybridized carbons (Fsp3) is 0.600. The van der Waals surface area contributed by atoms with E-state index >= 15 is 0 Å². The molecule has 0 saturated carbocycles. The molecule has 0 aromatic heterocycles. The first-order valence-corrected chi connectivity index (χ1v) is 8.81. The lowest BCUT2D eigenvalue weighted by Gasteiger charge is -2.31. The number of hydrogen-bond acceptors (Lipinski definition) is 3. The highest BCUT2D eigenvalue weighted by atomic mass is 32.2. The molecule has 1 heterocycles. The molecule has 5 heteroatoms. The largest absolute Gasteiger partial charge is 0.330 e. The third-order valence-corrected chi connectivity index (χ3v) is 6.03. The predicted octanol–water partition coefficient (Wildman–Crippen LogP) is 2.00. The van der Waals surface area contributed by atoms with E-state index in [0.717, 1.165) is 31.2 Å². The zero-order valence-corrected chi connectivity index (χ0v) is 12.9. The Morgan fingerprint density at radius 2 is 1.80 bits per heavy atom. The van der Waals surface area contributed by atoms with Crippen LogP contribution in [0, 0.1) is 5.92 Å². The van der Waals surface area contributed by atoms with Crippen LogP contribution in [0.1, 0.15) is 31.7 Å². The molecule has 1 aromatic carbocycles. The van der Waals surface area contributed by atoms with E-state index in [1.54, 1.807) is 16.4 Å². The minimum absolute atomic E-state index is 0.409. The summed E-state index contributed by atoms with van der Waals surface area (Å²) in [4.78, 5) is 0.409. The van der Waals surface area contributed by atoms with Crippen LogP contribution in [0.4, 0.5) is 0 Å². The van der Waals surface area contributed by atoms with Crippen molar-refractivity contribution < 1.29 is 8.42 Å². The Morgan fingerprint density at radius 1 is 1.20 bits per heavy atom. The minimum atomic E-state index is -3.32. The summed E-state index contributed by atoms with van der Waals surface area (Å²) in [5.74, 6) is 0.578. The van der Waals surface area contributed by atoms with E-state index in [4.69, 9.17) is 5.73 Å². The molecule has 2 N–H and O–H groups in total. The highest BCUT2D eigenvalue weighted by molar-refractivity contribution is 7.89. The Labute approximate surface area is 122 Å². The van der Waals surface area contributed by atoms with Crippen LogP contribution in [0.15, 0.2) is 29.2 Å². The van der Waals surface area contributed by atoms with Gasteiger partial charge in [-0.3, -0.25) is 0 Å². The minimum Gasteiger partial charge on any atom is -0.330 e. The zero-order valence-electron chi connectivity index (χ0n) is 12.1. The molecular formula is C15H24N2O2S. The molecule has 112 valence electrons. The average molecular weight is 296 g/mol. The van der Waals surface area contributed by atoms with Crippen molar-refractivity contribution in [1.29, 1.82) is 0 Å². The van der Waals surface area contributed by atoms with Gasteiger partial charge in [0.15, 0.2) is 0 Å². The van der Waals surface area contributed by atoms with Gasteiger partial charge in [-0.2, -0.15) is 4.31 Å². The molecular weight excluding hydrogens is 272 g/mol. The first kappa shape index (κ1) is 15.5. The first-order chi connectivity index (χ1) is 9.57. The average Bonchev–Trinajstić information content (AvgIpc) is 2.48. The van der Waals surface area contributed by atoms with Gasteiger partial charge in [0.25, 0.3) is 0 Å². The number of hydrogen-bond donors (Lipinski definition) is 1. The molecule has 0 atom stereocenters. The van der Waals surface area contributed by atoms with Crippen molar-refractivity contribution in [3.05, 3.63) is 29.8 Å². The number of sulfonamides is 1. The molecule has 2 rings (SSSR count). The van der Waals surface area contributed by atoms with E-state index in [-0.39, 0.29) is 0 Å². The highest BCUT2D eigenvalue weighted by Gasteiger charge is 2.28. The number of aryl methyl sites for hydroxylation is 1. The molecule has 1 aromatic rings. The highest BCUT2D eigenvalue weighted by Crippen LogP contribution is 2.25. The van der Waals surface area contributed by atoms with Gasteiger partial charge in [0, 0.05) is 13.1 Å². The van der Waals surface area contributed by atoms with Gasteiger partial charge in [0.1, 0.15) is 0 Å². The van der Waals surface area contributed by atoms with Crippen LogP contribution < -0.4 is 5.73 Å². The van der Waals surface area contributed by atoms with Crippen LogP contribution in [0.25, 0.3) is 0 Å². The van der Waals surface area contributed by atoms with Crippen LogP contribution in [-0.4, -0.2) is 32.4 Å². The van der Waals surface area contributed by atoms with Gasteiger partial charge < -0.3 is 5.73 Å². The number of nitrogens with two attached hydrogens (primary N) is 1. The molecule has 1 aliphatic heterocycles. The summed E-state index contributed by atoms with van der Waals surface area (Å²) in [6, 6.07) is 7.24. The summed E-state index contributed by atoms with van der Waals surface area (Å²) < 4.78 is 26.7. The van der Waals surface area contributed by atoms with E-state index in [9.17, 15) is 8.42 Å². The molecule has 1 aliphatic rings.